The summed E-state index contributed by atoms with van der Waals surface area (Å²) in [6.07, 6.45) is 2.03. The average Bonchev–Trinajstić information content (AvgIpc) is 2.66. The third kappa shape index (κ3) is 1.12. The van der Waals surface area contributed by atoms with Gasteiger partial charge in [0.15, 0.2) is 0 Å². The molecule has 0 amide bonds. The summed E-state index contributed by atoms with van der Waals surface area (Å²) in [6, 6.07) is 5.83. The van der Waals surface area contributed by atoms with Gasteiger partial charge in [-0.15, -0.1) is 0 Å². The maximum Gasteiger partial charge on any atom is 0.280 e. The van der Waals surface area contributed by atoms with E-state index in [1.54, 1.807) is 0 Å². The second-order valence-electron chi connectivity index (χ2n) is 4.06. The van der Waals surface area contributed by atoms with Crippen molar-refractivity contribution in [3.05, 3.63) is 39.9 Å². The number of benzene rings is 1. The molecular weight excluding hydrogens is 188 g/mol. The van der Waals surface area contributed by atoms with Crippen LogP contribution in [0, 0.1) is 6.92 Å². The van der Waals surface area contributed by atoms with Crippen LogP contribution >= 0.6 is 0 Å². The van der Waals surface area contributed by atoms with Crippen molar-refractivity contribution in [3.8, 4) is 0 Å². The molecule has 2 heterocycles. The molecule has 3 rings (SSSR count). The van der Waals surface area contributed by atoms with E-state index in [0.717, 1.165) is 41.7 Å². The van der Waals surface area contributed by atoms with Crippen LogP contribution in [0.5, 0.6) is 0 Å². The van der Waals surface area contributed by atoms with Crippen molar-refractivity contribution in [2.24, 2.45) is 0 Å². The average molecular weight is 200 g/mol. The van der Waals surface area contributed by atoms with Crippen LogP contribution in [0.15, 0.2) is 23.0 Å². The number of para-hydroxylation sites is 1. The van der Waals surface area contributed by atoms with Gasteiger partial charge in [-0.3, -0.25) is 4.79 Å². The molecule has 0 bridgehead atoms. The van der Waals surface area contributed by atoms with Crippen LogP contribution in [0.2, 0.25) is 0 Å². The van der Waals surface area contributed by atoms with Gasteiger partial charge in [0.2, 0.25) is 0 Å². The van der Waals surface area contributed by atoms with Gasteiger partial charge in [0.05, 0.1) is 10.9 Å². The lowest BCUT2D eigenvalue weighted by atomic mass is 10.1. The lowest BCUT2D eigenvalue weighted by Gasteiger charge is -2.09. The molecule has 1 aliphatic rings. The van der Waals surface area contributed by atoms with Gasteiger partial charge < -0.3 is 4.57 Å². The molecule has 15 heavy (non-hydrogen) atoms. The fraction of sp³-hybridized carbons (Fsp3) is 0.333. The largest absolute Gasteiger partial charge is 0.329 e. The highest BCUT2D eigenvalue weighted by Crippen LogP contribution is 2.21. The van der Waals surface area contributed by atoms with Crippen LogP contribution in [-0.4, -0.2) is 9.55 Å². The smallest absolute Gasteiger partial charge is 0.280 e. The first-order chi connectivity index (χ1) is 7.27. The normalized spacial score (nSPS) is 14.5. The third-order valence-corrected chi connectivity index (χ3v) is 3.06. The van der Waals surface area contributed by atoms with Crippen molar-refractivity contribution in [1.82, 2.24) is 9.55 Å². The zero-order valence-corrected chi connectivity index (χ0v) is 8.66. The van der Waals surface area contributed by atoms with E-state index >= 15 is 0 Å². The second kappa shape index (κ2) is 2.92. The molecule has 0 spiro atoms. The summed E-state index contributed by atoms with van der Waals surface area (Å²) in [7, 11) is 0. The van der Waals surface area contributed by atoms with E-state index in [0.29, 0.717) is 0 Å². The maximum absolute atomic E-state index is 11.8. The number of nitrogens with zero attached hydrogens (tertiary/aromatic N) is 2. The topological polar surface area (TPSA) is 34.9 Å². The molecule has 0 atom stereocenters. The molecule has 0 radical (unpaired) electrons. The van der Waals surface area contributed by atoms with Gasteiger partial charge in [0.25, 0.3) is 5.56 Å². The van der Waals surface area contributed by atoms with Gasteiger partial charge in [-0.1, -0.05) is 12.1 Å². The zero-order chi connectivity index (χ0) is 10.4. The molecule has 0 fully saturated rings. The first kappa shape index (κ1) is 8.65. The highest BCUT2D eigenvalue weighted by Gasteiger charge is 2.16. The number of aromatic nitrogens is 2. The zero-order valence-electron chi connectivity index (χ0n) is 8.66. The molecule has 1 aliphatic heterocycles. The van der Waals surface area contributed by atoms with Crippen molar-refractivity contribution in [1.29, 1.82) is 0 Å². The molecule has 0 saturated carbocycles. The van der Waals surface area contributed by atoms with E-state index in [2.05, 4.69) is 9.55 Å². The number of rotatable bonds is 0. The lowest BCUT2D eigenvalue weighted by molar-refractivity contribution is 0.761. The molecule has 0 saturated heterocycles. The van der Waals surface area contributed by atoms with Crippen LogP contribution in [0.4, 0.5) is 0 Å². The molecule has 0 unspecified atom stereocenters. The predicted molar refractivity (Wildman–Crippen MR) is 59.1 cm³/mol. The summed E-state index contributed by atoms with van der Waals surface area (Å²) in [5.74, 6) is 0.946. The summed E-state index contributed by atoms with van der Waals surface area (Å²) >= 11 is 0. The van der Waals surface area contributed by atoms with Gasteiger partial charge in [0, 0.05) is 13.0 Å². The van der Waals surface area contributed by atoms with Crippen LogP contribution in [0.25, 0.3) is 10.9 Å². The predicted octanol–water partition coefficient (Wildman–Crippen LogP) is 1.65. The Balaban J connectivity index is 2.57. The Morgan fingerprint density at radius 3 is 3.13 bits per heavy atom. The Bertz CT molecular complexity index is 598. The summed E-state index contributed by atoms with van der Waals surface area (Å²) in [5, 5.41) is 0.751. The minimum atomic E-state index is -0.0816. The van der Waals surface area contributed by atoms with Gasteiger partial charge >= 0.3 is 0 Å². The molecular formula is C12H12N2O. The molecule has 0 aliphatic carbocycles. The standard InChI is InChI=1S/C12H12N2O/c1-8-4-2-5-9-11(8)14-7-3-6-10(14)13-12(9)15/h2,4-5H,3,6-7H2,1H3. The van der Waals surface area contributed by atoms with E-state index in [9.17, 15) is 4.79 Å². The van der Waals surface area contributed by atoms with Gasteiger partial charge in [-0.25, -0.2) is 0 Å². The van der Waals surface area contributed by atoms with E-state index < -0.39 is 0 Å². The van der Waals surface area contributed by atoms with Crippen molar-refractivity contribution in [3.63, 3.8) is 0 Å². The molecule has 1 aromatic heterocycles. The summed E-state index contributed by atoms with van der Waals surface area (Å²) in [5.41, 5.74) is 2.15. The van der Waals surface area contributed by atoms with E-state index in [4.69, 9.17) is 0 Å². The molecule has 2 aromatic rings. The molecule has 76 valence electrons. The van der Waals surface area contributed by atoms with Crippen LogP contribution < -0.4 is 5.56 Å². The maximum atomic E-state index is 11.8. The third-order valence-electron chi connectivity index (χ3n) is 3.06. The van der Waals surface area contributed by atoms with Gasteiger partial charge in [-0.05, 0) is 25.0 Å². The van der Waals surface area contributed by atoms with Crippen LogP contribution in [-0.2, 0) is 13.0 Å². The second-order valence-corrected chi connectivity index (χ2v) is 4.06. The first-order valence-electron chi connectivity index (χ1n) is 5.26. The van der Waals surface area contributed by atoms with Crippen molar-refractivity contribution in [2.75, 3.05) is 0 Å². The molecule has 3 heteroatoms. The minimum Gasteiger partial charge on any atom is -0.329 e. The van der Waals surface area contributed by atoms with Crippen molar-refractivity contribution in [2.45, 2.75) is 26.3 Å². The quantitative estimate of drug-likeness (QED) is 0.648. The van der Waals surface area contributed by atoms with Crippen molar-refractivity contribution < 1.29 is 0 Å². The summed E-state index contributed by atoms with van der Waals surface area (Å²) < 4.78 is 2.19. The van der Waals surface area contributed by atoms with Gasteiger partial charge in [-0.2, -0.15) is 4.98 Å². The molecule has 3 nitrogen and oxygen atoms in total. The van der Waals surface area contributed by atoms with Crippen LogP contribution in [0.3, 0.4) is 0 Å². The van der Waals surface area contributed by atoms with E-state index in [-0.39, 0.29) is 5.56 Å². The minimum absolute atomic E-state index is 0.0816. The number of hydrogen-bond acceptors (Lipinski definition) is 2. The SMILES string of the molecule is Cc1cccc2c(=O)nc3n(c12)CCC3. The molecule has 1 aromatic carbocycles. The highest BCUT2D eigenvalue weighted by molar-refractivity contribution is 5.81. The lowest BCUT2D eigenvalue weighted by Crippen LogP contribution is -2.15. The highest BCUT2D eigenvalue weighted by atomic mass is 16.1. The fourth-order valence-electron chi connectivity index (χ4n) is 2.38. The Kier molecular flexibility index (Phi) is 1.69. The summed E-state index contributed by atoms with van der Waals surface area (Å²) in [6.45, 7) is 3.04. The Hall–Kier alpha value is -1.64. The fourth-order valence-corrected chi connectivity index (χ4v) is 2.38. The number of fused-ring (bicyclic) bond motifs is 3. The number of aryl methyl sites for hydroxylation is 3. The Morgan fingerprint density at radius 1 is 1.40 bits per heavy atom. The van der Waals surface area contributed by atoms with Gasteiger partial charge in [0.1, 0.15) is 5.82 Å². The van der Waals surface area contributed by atoms with E-state index in [1.807, 2.05) is 25.1 Å². The van der Waals surface area contributed by atoms with E-state index in [1.165, 1.54) is 0 Å². The summed E-state index contributed by atoms with van der Waals surface area (Å²) in [4.78, 5) is 15.9. The Labute approximate surface area is 87.4 Å². The first-order valence-corrected chi connectivity index (χ1v) is 5.26. The Morgan fingerprint density at radius 2 is 2.27 bits per heavy atom. The van der Waals surface area contributed by atoms with Crippen molar-refractivity contribution >= 4 is 10.9 Å². The monoisotopic (exact) mass is 200 g/mol. The number of hydrogen-bond donors (Lipinski definition) is 0. The molecule has 0 N–H and O–H groups in total. The van der Waals surface area contributed by atoms with Crippen LogP contribution in [0.1, 0.15) is 17.8 Å².